The van der Waals surface area contributed by atoms with Crippen LogP contribution in [0.4, 0.5) is 34.1 Å². The number of halogens is 3. The molecule has 3 unspecified atom stereocenters. The topological polar surface area (TPSA) is 36.0 Å². The Hall–Kier alpha value is -8.92. The molecule has 0 spiro atoms. The molecule has 3 atom stereocenters. The molecule has 8 heteroatoms. The number of hydrogen-bond donors (Lipinski definition) is 0. The zero-order valence-electron chi connectivity index (χ0n) is 48.1. The van der Waals surface area contributed by atoms with Gasteiger partial charge in [0.05, 0.1) is 0 Å². The van der Waals surface area contributed by atoms with E-state index in [1.54, 1.807) is 0 Å². The second-order valence-corrected chi connectivity index (χ2v) is 28.2. The molecule has 0 aliphatic carbocycles. The quantitative estimate of drug-likeness (QED) is 0.166. The van der Waals surface area contributed by atoms with Crippen LogP contribution in [0.15, 0.2) is 247 Å². The Bertz CT molecular complexity index is 5450. The summed E-state index contributed by atoms with van der Waals surface area (Å²) in [6.45, 7) is 0. The van der Waals surface area contributed by atoms with E-state index < -0.39 is 0 Å². The summed E-state index contributed by atoms with van der Waals surface area (Å²) in [6.07, 6.45) is 6.19. The average Bonchev–Trinajstić information content (AvgIpc) is 1.73. The van der Waals surface area contributed by atoms with Gasteiger partial charge in [0.1, 0.15) is 22.3 Å². The van der Waals surface area contributed by atoms with Gasteiger partial charge in [0.25, 0.3) is 0 Å². The highest BCUT2D eigenvalue weighted by atomic mass is 79.9. The van der Waals surface area contributed by atoms with Gasteiger partial charge in [0, 0.05) is 92.8 Å². The minimum Gasteiger partial charge on any atom is -0.456 e. The van der Waals surface area contributed by atoms with Crippen LogP contribution in [0.5, 0.6) is 0 Å². The fourth-order valence-electron chi connectivity index (χ4n) is 16.8. The number of rotatable bonds is 6. The highest BCUT2D eigenvalue weighted by molar-refractivity contribution is 9.11. The molecule has 8 heterocycles. The third kappa shape index (κ3) is 7.70. The van der Waals surface area contributed by atoms with Gasteiger partial charge in [0.2, 0.25) is 0 Å². The SMILES string of the molecule is Brc1ccc2c(c1)CC1Cc3cc(-c4cc(-c5ccc6c(c5)oc5c(-c7ccc8c(c7)CC7Cc9cc(Br)ccc9N87)c(-c7ccc8c(c7)oc7cccc(-c9ccc%10c(c9)CC9Cc%11cc(Br)ccc%11N%109)c78)ccc56)ccc4-c4ccccc4)ccc3N21. The summed E-state index contributed by atoms with van der Waals surface area (Å²) in [5, 5.41) is 4.46. The van der Waals surface area contributed by atoms with Crippen molar-refractivity contribution in [2.75, 3.05) is 14.7 Å². The van der Waals surface area contributed by atoms with Gasteiger partial charge in [-0.1, -0.05) is 139 Å². The largest absolute Gasteiger partial charge is 0.456 e. The molecule has 5 nitrogen and oxygen atoms in total. The molecule has 6 aliphatic heterocycles. The zero-order chi connectivity index (χ0) is 58.5. The molecular weight excluding hydrogens is 1290 g/mol. The summed E-state index contributed by atoms with van der Waals surface area (Å²) < 4.78 is 17.7. The van der Waals surface area contributed by atoms with Gasteiger partial charge in [-0.25, -0.2) is 0 Å². The maximum atomic E-state index is 7.37. The molecular formula is C81H52Br3N3O2. The molecule has 2 aromatic heterocycles. The first-order valence-corrected chi connectivity index (χ1v) is 33.4. The lowest BCUT2D eigenvalue weighted by molar-refractivity contribution is 0.668. The number of hydrogen-bond acceptors (Lipinski definition) is 5. The number of anilines is 6. The first-order chi connectivity index (χ1) is 43.7. The van der Waals surface area contributed by atoms with Crippen molar-refractivity contribution in [3.63, 3.8) is 0 Å². The number of nitrogens with zero attached hydrogens (tertiary/aromatic N) is 3. The van der Waals surface area contributed by atoms with Crippen molar-refractivity contribution in [3.05, 3.63) is 271 Å². The Morgan fingerprint density at radius 3 is 1.33 bits per heavy atom. The molecule has 0 N–H and O–H groups in total. The van der Waals surface area contributed by atoms with Crippen molar-refractivity contribution in [3.8, 4) is 66.8 Å². The highest BCUT2D eigenvalue weighted by Gasteiger charge is 2.40. The molecule has 20 rings (SSSR count). The Labute approximate surface area is 539 Å². The smallest absolute Gasteiger partial charge is 0.143 e. The predicted octanol–water partition coefficient (Wildman–Crippen LogP) is 22.6. The fourth-order valence-corrected chi connectivity index (χ4v) is 18.0. The highest BCUT2D eigenvalue weighted by Crippen LogP contribution is 2.54. The fraction of sp³-hybridized carbons (Fsp3) is 0.111. The van der Waals surface area contributed by atoms with Crippen LogP contribution in [0, 0.1) is 0 Å². The van der Waals surface area contributed by atoms with Gasteiger partial charge >= 0.3 is 0 Å². The lowest BCUT2D eigenvalue weighted by Gasteiger charge is -2.21. The third-order valence-corrected chi connectivity index (χ3v) is 22.0. The molecule has 12 aromatic carbocycles. The molecule has 0 fully saturated rings. The lowest BCUT2D eigenvalue weighted by Crippen LogP contribution is -2.22. The molecule has 424 valence electrons. The van der Waals surface area contributed by atoms with Crippen molar-refractivity contribution in [1.82, 2.24) is 0 Å². The van der Waals surface area contributed by atoms with Crippen LogP contribution in [-0.4, -0.2) is 18.1 Å². The van der Waals surface area contributed by atoms with E-state index in [9.17, 15) is 0 Å². The summed E-state index contributed by atoms with van der Waals surface area (Å²) in [5.41, 5.74) is 33.8. The van der Waals surface area contributed by atoms with Crippen molar-refractivity contribution < 1.29 is 8.83 Å². The minimum atomic E-state index is 0.392. The van der Waals surface area contributed by atoms with Crippen LogP contribution in [0.2, 0.25) is 0 Å². The molecule has 0 radical (unpaired) electrons. The molecule has 0 saturated heterocycles. The summed E-state index contributed by atoms with van der Waals surface area (Å²) in [6, 6.07) is 85.5. The van der Waals surface area contributed by atoms with E-state index in [-0.39, 0.29) is 0 Å². The Morgan fingerprint density at radius 1 is 0.281 bits per heavy atom. The lowest BCUT2D eigenvalue weighted by atomic mass is 9.89. The monoisotopic (exact) mass is 1340 g/mol. The van der Waals surface area contributed by atoms with E-state index in [0.717, 1.165) is 129 Å². The first-order valence-electron chi connectivity index (χ1n) is 31.0. The Kier molecular flexibility index (Phi) is 10.9. The zero-order valence-corrected chi connectivity index (χ0v) is 52.9. The summed E-state index contributed by atoms with van der Waals surface area (Å²) in [5.74, 6) is 0. The Morgan fingerprint density at radius 2 is 0.719 bits per heavy atom. The van der Waals surface area contributed by atoms with Crippen LogP contribution in [0.1, 0.15) is 33.4 Å². The summed E-state index contributed by atoms with van der Waals surface area (Å²) >= 11 is 11.2. The summed E-state index contributed by atoms with van der Waals surface area (Å²) in [4.78, 5) is 7.71. The predicted molar refractivity (Wildman–Crippen MR) is 376 cm³/mol. The minimum absolute atomic E-state index is 0.392. The molecule has 6 aliphatic rings. The maximum Gasteiger partial charge on any atom is 0.143 e. The van der Waals surface area contributed by atoms with Gasteiger partial charge < -0.3 is 23.5 Å². The normalized spacial score (nSPS) is 17.2. The van der Waals surface area contributed by atoms with Gasteiger partial charge in [-0.15, -0.1) is 0 Å². The van der Waals surface area contributed by atoms with Crippen LogP contribution in [0.3, 0.4) is 0 Å². The van der Waals surface area contributed by atoms with Crippen molar-refractivity contribution in [2.24, 2.45) is 0 Å². The summed E-state index contributed by atoms with van der Waals surface area (Å²) in [7, 11) is 0. The second-order valence-electron chi connectivity index (χ2n) is 25.4. The van der Waals surface area contributed by atoms with Crippen LogP contribution in [0.25, 0.3) is 111 Å². The van der Waals surface area contributed by atoms with E-state index in [4.69, 9.17) is 8.83 Å². The molecule has 0 saturated carbocycles. The van der Waals surface area contributed by atoms with Gasteiger partial charge in [-0.3, -0.25) is 0 Å². The van der Waals surface area contributed by atoms with Gasteiger partial charge in [-0.05, 0) is 267 Å². The standard InChI is InChI=1S/C81H52Br3N3O2/c82-57-15-26-73-54(32-57)38-60-35-51-29-47(12-23-70(51)85(60)73)64-7-4-8-76-80(64)68-20-11-49(43-78(68)88-76)65-21-22-67-66-19-10-46(42-77(66)89-81(67)79(65)50-14-25-72-53(31-50)37-62-40-56-34-59(84)17-28-75(56)87(62)72)45-9-18-63(44-5-2-1-3-6-44)69(41-45)48-13-24-71-52(30-48)36-61-39-55-33-58(83)16-27-74(55)86(61)71/h1-34,41-43,60-62H,35-40H2. The molecule has 0 amide bonds. The van der Waals surface area contributed by atoms with E-state index in [0.29, 0.717) is 18.1 Å². The van der Waals surface area contributed by atoms with Gasteiger partial charge in [0.15, 0.2) is 0 Å². The van der Waals surface area contributed by atoms with E-state index in [2.05, 4.69) is 287 Å². The van der Waals surface area contributed by atoms with Crippen LogP contribution >= 0.6 is 47.8 Å². The number of furan rings is 2. The molecule has 89 heavy (non-hydrogen) atoms. The number of fused-ring (bicyclic) bond motifs is 21. The average molecular weight is 1340 g/mol. The maximum absolute atomic E-state index is 7.37. The van der Waals surface area contributed by atoms with E-state index in [1.807, 2.05) is 0 Å². The molecule has 0 bridgehead atoms. The van der Waals surface area contributed by atoms with Crippen LogP contribution in [-0.2, 0) is 38.5 Å². The Balaban J connectivity index is 0.705. The van der Waals surface area contributed by atoms with Crippen molar-refractivity contribution in [2.45, 2.75) is 56.7 Å². The second kappa shape index (κ2) is 19.1. The first kappa shape index (κ1) is 51.0. The van der Waals surface area contributed by atoms with E-state index >= 15 is 0 Å². The van der Waals surface area contributed by atoms with Gasteiger partial charge in [-0.2, -0.15) is 0 Å². The number of benzene rings is 12. The third-order valence-electron chi connectivity index (χ3n) is 20.5. The molecule has 14 aromatic rings. The van der Waals surface area contributed by atoms with Crippen LogP contribution < -0.4 is 14.7 Å². The van der Waals surface area contributed by atoms with E-state index in [1.165, 1.54) is 101 Å². The van der Waals surface area contributed by atoms with Crippen molar-refractivity contribution >= 4 is 126 Å². The van der Waals surface area contributed by atoms with Crippen molar-refractivity contribution in [1.29, 1.82) is 0 Å².